The lowest BCUT2D eigenvalue weighted by molar-refractivity contribution is -0.151. The number of rotatable bonds is 5. The van der Waals surface area contributed by atoms with E-state index in [1.165, 1.54) is 11.3 Å². The predicted octanol–water partition coefficient (Wildman–Crippen LogP) is 1.91. The van der Waals surface area contributed by atoms with Crippen molar-refractivity contribution in [3.63, 3.8) is 0 Å². The van der Waals surface area contributed by atoms with Gasteiger partial charge in [-0.3, -0.25) is 9.59 Å². The minimum absolute atomic E-state index is 0.00329. The fourth-order valence-electron chi connectivity index (χ4n) is 1.37. The quantitative estimate of drug-likeness (QED) is 0.887. The zero-order valence-electron chi connectivity index (χ0n) is 11.1. The van der Waals surface area contributed by atoms with Crippen molar-refractivity contribution in [1.82, 2.24) is 9.88 Å². The minimum Gasteiger partial charge on any atom is -0.481 e. The number of aryl methyl sites for hydroxylation is 1. The standard InChI is InChI=1S/C12H18N2O3S/c1-8-9(18-7-13-8)6-14(4)10(15)5-12(2,3)11(16)17/h7H,5-6H2,1-4H3,(H,16,17). The smallest absolute Gasteiger partial charge is 0.309 e. The normalized spacial score (nSPS) is 11.3. The third-order valence-corrected chi connectivity index (χ3v) is 3.74. The molecule has 0 aliphatic carbocycles. The summed E-state index contributed by atoms with van der Waals surface area (Å²) in [5.74, 6) is -1.13. The molecule has 0 radical (unpaired) electrons. The van der Waals surface area contributed by atoms with Crippen molar-refractivity contribution < 1.29 is 14.7 Å². The van der Waals surface area contributed by atoms with Crippen LogP contribution in [0.25, 0.3) is 0 Å². The highest BCUT2D eigenvalue weighted by atomic mass is 32.1. The summed E-state index contributed by atoms with van der Waals surface area (Å²) in [6, 6.07) is 0. The Morgan fingerprint density at radius 3 is 2.56 bits per heavy atom. The lowest BCUT2D eigenvalue weighted by atomic mass is 9.89. The van der Waals surface area contributed by atoms with Crippen molar-refractivity contribution >= 4 is 23.2 Å². The Bertz CT molecular complexity index is 454. The van der Waals surface area contributed by atoms with Gasteiger partial charge in [-0.25, -0.2) is 4.98 Å². The Hall–Kier alpha value is -1.43. The van der Waals surface area contributed by atoms with E-state index in [0.29, 0.717) is 6.54 Å². The predicted molar refractivity (Wildman–Crippen MR) is 69.4 cm³/mol. The Balaban J connectivity index is 2.63. The molecule has 0 aliphatic rings. The molecule has 0 fully saturated rings. The van der Waals surface area contributed by atoms with Gasteiger partial charge in [0.15, 0.2) is 0 Å². The number of carboxylic acids is 1. The average molecular weight is 270 g/mol. The maximum atomic E-state index is 11.9. The van der Waals surface area contributed by atoms with Gasteiger partial charge in [0.1, 0.15) is 0 Å². The zero-order valence-corrected chi connectivity index (χ0v) is 11.9. The van der Waals surface area contributed by atoms with Gasteiger partial charge in [-0.15, -0.1) is 11.3 Å². The first-order valence-corrected chi connectivity index (χ1v) is 6.48. The first-order chi connectivity index (χ1) is 8.24. The van der Waals surface area contributed by atoms with Crippen molar-refractivity contribution in [2.45, 2.75) is 33.7 Å². The summed E-state index contributed by atoms with van der Waals surface area (Å²) in [7, 11) is 1.68. The van der Waals surface area contributed by atoms with Crippen molar-refractivity contribution in [1.29, 1.82) is 0 Å². The summed E-state index contributed by atoms with van der Waals surface area (Å²) >= 11 is 1.50. The summed E-state index contributed by atoms with van der Waals surface area (Å²) in [5, 5.41) is 8.99. The number of nitrogens with zero attached hydrogens (tertiary/aromatic N) is 2. The van der Waals surface area contributed by atoms with Gasteiger partial charge < -0.3 is 10.0 Å². The number of carbonyl (C=O) groups excluding carboxylic acids is 1. The van der Waals surface area contributed by atoms with Crippen LogP contribution in [0.4, 0.5) is 0 Å². The maximum Gasteiger partial charge on any atom is 0.309 e. The highest BCUT2D eigenvalue weighted by molar-refractivity contribution is 7.09. The Kier molecular flexibility index (Phi) is 4.45. The number of carbonyl (C=O) groups is 2. The fourth-order valence-corrected chi connectivity index (χ4v) is 2.20. The molecule has 100 valence electrons. The SMILES string of the molecule is Cc1ncsc1CN(C)C(=O)CC(C)(C)C(=O)O. The van der Waals surface area contributed by atoms with E-state index in [0.717, 1.165) is 10.6 Å². The van der Waals surface area contributed by atoms with E-state index in [9.17, 15) is 9.59 Å². The van der Waals surface area contributed by atoms with Gasteiger partial charge in [0.05, 0.1) is 23.2 Å². The molecule has 1 heterocycles. The Morgan fingerprint density at radius 1 is 1.50 bits per heavy atom. The van der Waals surface area contributed by atoms with E-state index >= 15 is 0 Å². The highest BCUT2D eigenvalue weighted by Gasteiger charge is 2.31. The van der Waals surface area contributed by atoms with E-state index < -0.39 is 11.4 Å². The van der Waals surface area contributed by atoms with Crippen LogP contribution in [0.3, 0.4) is 0 Å². The van der Waals surface area contributed by atoms with Crippen LogP contribution in [0.1, 0.15) is 30.8 Å². The first kappa shape index (κ1) is 14.6. The van der Waals surface area contributed by atoms with Gasteiger partial charge in [0, 0.05) is 18.3 Å². The van der Waals surface area contributed by atoms with Crippen LogP contribution in [0.5, 0.6) is 0 Å². The summed E-state index contributed by atoms with van der Waals surface area (Å²) in [6.07, 6.45) is -0.00329. The van der Waals surface area contributed by atoms with Crippen LogP contribution in [0.2, 0.25) is 0 Å². The molecular formula is C12H18N2O3S. The van der Waals surface area contributed by atoms with Crippen LogP contribution in [0, 0.1) is 12.3 Å². The second-order valence-electron chi connectivity index (χ2n) is 4.98. The molecule has 6 heteroatoms. The maximum absolute atomic E-state index is 11.9. The summed E-state index contributed by atoms with van der Waals surface area (Å²) in [4.78, 5) is 29.6. The van der Waals surface area contributed by atoms with Crippen molar-refractivity contribution in [3.05, 3.63) is 16.1 Å². The first-order valence-electron chi connectivity index (χ1n) is 5.60. The van der Waals surface area contributed by atoms with Gasteiger partial charge in [-0.1, -0.05) is 0 Å². The molecule has 0 aromatic carbocycles. The van der Waals surface area contributed by atoms with Crippen molar-refractivity contribution in [3.8, 4) is 0 Å². The van der Waals surface area contributed by atoms with Gasteiger partial charge in [-0.2, -0.15) is 0 Å². The van der Waals surface area contributed by atoms with E-state index in [1.54, 1.807) is 31.3 Å². The molecule has 1 N–H and O–H groups in total. The van der Waals surface area contributed by atoms with E-state index in [1.807, 2.05) is 6.92 Å². The third kappa shape index (κ3) is 3.53. The molecule has 0 atom stereocenters. The molecule has 0 aliphatic heterocycles. The number of hydrogen-bond acceptors (Lipinski definition) is 4. The van der Waals surface area contributed by atoms with E-state index in [2.05, 4.69) is 4.98 Å². The zero-order chi connectivity index (χ0) is 13.9. The molecular weight excluding hydrogens is 252 g/mol. The highest BCUT2D eigenvalue weighted by Crippen LogP contribution is 2.22. The minimum atomic E-state index is -1.03. The van der Waals surface area contributed by atoms with Gasteiger partial charge in [-0.05, 0) is 20.8 Å². The molecule has 1 aromatic heterocycles. The molecule has 5 nitrogen and oxygen atoms in total. The van der Waals surface area contributed by atoms with Gasteiger partial charge in [0.2, 0.25) is 5.91 Å². The molecule has 0 unspecified atom stereocenters. The third-order valence-electron chi connectivity index (χ3n) is 2.82. The topological polar surface area (TPSA) is 70.5 Å². The van der Waals surface area contributed by atoms with Crippen LogP contribution in [-0.4, -0.2) is 33.9 Å². The molecule has 1 amide bonds. The van der Waals surface area contributed by atoms with E-state index in [-0.39, 0.29) is 12.3 Å². The second kappa shape index (κ2) is 5.48. The molecule has 1 rings (SSSR count). The monoisotopic (exact) mass is 270 g/mol. The van der Waals surface area contributed by atoms with Crippen LogP contribution in [0.15, 0.2) is 5.51 Å². The molecule has 1 aromatic rings. The summed E-state index contributed by atoms with van der Waals surface area (Å²) < 4.78 is 0. The fraction of sp³-hybridized carbons (Fsp3) is 0.583. The number of aliphatic carboxylic acids is 1. The lowest BCUT2D eigenvalue weighted by Gasteiger charge is -2.23. The number of thiazole rings is 1. The molecule has 0 bridgehead atoms. The van der Waals surface area contributed by atoms with Crippen LogP contribution in [-0.2, 0) is 16.1 Å². The summed E-state index contributed by atoms with van der Waals surface area (Å²) in [5.41, 5.74) is 1.62. The number of carboxylic acid groups (broad SMARTS) is 1. The number of hydrogen-bond donors (Lipinski definition) is 1. The Labute approximate surface area is 110 Å². The second-order valence-corrected chi connectivity index (χ2v) is 5.92. The number of amides is 1. The molecule has 0 spiro atoms. The van der Waals surface area contributed by atoms with Crippen LogP contribution < -0.4 is 0 Å². The number of aromatic nitrogens is 1. The van der Waals surface area contributed by atoms with E-state index in [4.69, 9.17) is 5.11 Å². The lowest BCUT2D eigenvalue weighted by Crippen LogP contribution is -2.34. The van der Waals surface area contributed by atoms with Crippen molar-refractivity contribution in [2.75, 3.05) is 7.05 Å². The molecule has 18 heavy (non-hydrogen) atoms. The largest absolute Gasteiger partial charge is 0.481 e. The molecule has 0 saturated heterocycles. The average Bonchev–Trinajstić information content (AvgIpc) is 2.63. The Morgan fingerprint density at radius 2 is 2.11 bits per heavy atom. The van der Waals surface area contributed by atoms with Crippen LogP contribution >= 0.6 is 11.3 Å². The van der Waals surface area contributed by atoms with Gasteiger partial charge >= 0.3 is 5.97 Å². The molecule has 0 saturated carbocycles. The summed E-state index contributed by atoms with van der Waals surface area (Å²) in [6.45, 7) is 5.48. The van der Waals surface area contributed by atoms with Gasteiger partial charge in [0.25, 0.3) is 0 Å². The van der Waals surface area contributed by atoms with Crippen molar-refractivity contribution in [2.24, 2.45) is 5.41 Å².